The van der Waals surface area contributed by atoms with Crippen LogP contribution >= 0.6 is 0 Å². The minimum atomic E-state index is -1.26. The third-order valence-electron chi connectivity index (χ3n) is 8.15. The molecule has 0 amide bonds. The Balaban J connectivity index is 2.01. The molecule has 3 rings (SSSR count). The molecule has 0 unspecified atom stereocenters. The highest BCUT2D eigenvalue weighted by Gasteiger charge is 2.60. The van der Waals surface area contributed by atoms with Crippen LogP contribution in [0.25, 0.3) is 0 Å². The topological polar surface area (TPSA) is 82.1 Å². The zero-order valence-corrected chi connectivity index (χ0v) is 21.6. The molecule has 8 atom stereocenters. The van der Waals surface area contributed by atoms with Crippen LogP contribution in [0.1, 0.15) is 87.0 Å². The second-order valence-electron chi connectivity index (χ2n) is 11.9. The molecule has 6 heteroatoms. The number of ether oxygens (including phenoxy) is 3. The minimum absolute atomic E-state index is 0.0858. The maximum Gasteiger partial charge on any atom is 0.306 e. The van der Waals surface area contributed by atoms with Crippen molar-refractivity contribution in [2.24, 2.45) is 29.6 Å². The van der Waals surface area contributed by atoms with Gasteiger partial charge in [0.1, 0.15) is 23.4 Å². The van der Waals surface area contributed by atoms with Crippen LogP contribution < -0.4 is 0 Å². The summed E-state index contributed by atoms with van der Waals surface area (Å²) >= 11 is 0. The summed E-state index contributed by atoms with van der Waals surface area (Å²) in [6, 6.07) is 0. The van der Waals surface area contributed by atoms with Crippen molar-refractivity contribution in [3.05, 3.63) is 12.2 Å². The van der Waals surface area contributed by atoms with Gasteiger partial charge in [-0.1, -0.05) is 39.8 Å². The Morgan fingerprint density at radius 2 is 1.88 bits per heavy atom. The second kappa shape index (κ2) is 9.69. The summed E-state index contributed by atoms with van der Waals surface area (Å²) in [5, 5.41) is 11.6. The van der Waals surface area contributed by atoms with Crippen LogP contribution in [0.3, 0.4) is 0 Å². The Morgan fingerprint density at radius 3 is 2.45 bits per heavy atom. The quantitative estimate of drug-likeness (QED) is 0.464. The number of aliphatic hydroxyl groups is 1. The van der Waals surface area contributed by atoms with Crippen molar-refractivity contribution in [1.29, 1.82) is 0 Å². The van der Waals surface area contributed by atoms with Gasteiger partial charge in [0.15, 0.2) is 0 Å². The van der Waals surface area contributed by atoms with E-state index in [1.165, 1.54) is 6.92 Å². The van der Waals surface area contributed by atoms with Gasteiger partial charge in [0, 0.05) is 31.6 Å². The van der Waals surface area contributed by atoms with E-state index in [0.29, 0.717) is 37.5 Å². The van der Waals surface area contributed by atoms with E-state index < -0.39 is 17.3 Å². The lowest BCUT2D eigenvalue weighted by Gasteiger charge is -2.46. The smallest absolute Gasteiger partial charge is 0.306 e. The zero-order chi connectivity index (χ0) is 24.7. The van der Waals surface area contributed by atoms with E-state index >= 15 is 0 Å². The van der Waals surface area contributed by atoms with Crippen LogP contribution in [-0.4, -0.2) is 46.6 Å². The fourth-order valence-corrected chi connectivity index (χ4v) is 6.61. The number of carbonyl (C=O) groups excluding carboxylic acids is 2. The van der Waals surface area contributed by atoms with Crippen molar-refractivity contribution in [2.75, 3.05) is 0 Å². The molecule has 1 aliphatic carbocycles. The summed E-state index contributed by atoms with van der Waals surface area (Å²) < 4.78 is 18.5. The fraction of sp³-hybridized carbons (Fsp3) is 0.852. The van der Waals surface area contributed by atoms with Gasteiger partial charge in [-0.05, 0) is 57.3 Å². The van der Waals surface area contributed by atoms with Crippen molar-refractivity contribution >= 4 is 11.9 Å². The second-order valence-corrected chi connectivity index (χ2v) is 11.9. The average molecular weight is 465 g/mol. The predicted molar refractivity (Wildman–Crippen MR) is 126 cm³/mol. The van der Waals surface area contributed by atoms with Crippen molar-refractivity contribution in [2.45, 2.75) is 117 Å². The standard InChI is InChI=1S/C27H44O6/c1-15(2)13-22(29)32-21-11-12-27(8,33-18(6)28)25-24-19(16(3)4)10-9-17(5)23(24)20(31-25)14-26(21,7)30/h15-16,19-21,23-25,30H,5,9-14H2,1-4,6-8H3/t19-,20-,21+,23-,24-,25-,26+,27-/m1/s1. The van der Waals surface area contributed by atoms with Crippen LogP contribution in [0.4, 0.5) is 0 Å². The summed E-state index contributed by atoms with van der Waals surface area (Å²) in [4.78, 5) is 24.7. The van der Waals surface area contributed by atoms with Gasteiger partial charge >= 0.3 is 11.9 Å². The van der Waals surface area contributed by atoms with E-state index in [4.69, 9.17) is 14.2 Å². The number of esters is 2. The molecule has 0 aromatic heterocycles. The Hall–Kier alpha value is -1.40. The highest BCUT2D eigenvalue weighted by molar-refractivity contribution is 5.70. The van der Waals surface area contributed by atoms with Crippen LogP contribution in [0, 0.1) is 29.6 Å². The van der Waals surface area contributed by atoms with Gasteiger partial charge in [0.05, 0.1) is 6.10 Å². The Kier molecular flexibility index (Phi) is 7.70. The lowest BCUT2D eigenvalue weighted by molar-refractivity contribution is -0.180. The third kappa shape index (κ3) is 5.48. The Bertz CT molecular complexity index is 756. The third-order valence-corrected chi connectivity index (χ3v) is 8.15. The van der Waals surface area contributed by atoms with E-state index in [9.17, 15) is 14.7 Å². The van der Waals surface area contributed by atoms with Crippen LogP contribution in [-0.2, 0) is 23.8 Å². The van der Waals surface area contributed by atoms with Crippen molar-refractivity contribution in [3.8, 4) is 0 Å². The Labute approximate surface area is 199 Å². The normalized spacial score (nSPS) is 41.2. The molecular formula is C27H44O6. The summed E-state index contributed by atoms with van der Waals surface area (Å²) in [6.45, 7) is 17.9. The summed E-state index contributed by atoms with van der Waals surface area (Å²) in [5.74, 6) is 0.660. The van der Waals surface area contributed by atoms with Gasteiger partial charge in [-0.25, -0.2) is 0 Å². The molecule has 2 aliphatic heterocycles. The number of carbonyl (C=O) groups is 2. The first-order chi connectivity index (χ1) is 15.2. The highest BCUT2D eigenvalue weighted by atomic mass is 16.6. The molecule has 2 heterocycles. The molecule has 0 aromatic carbocycles. The van der Waals surface area contributed by atoms with Gasteiger partial charge < -0.3 is 19.3 Å². The monoisotopic (exact) mass is 464 g/mol. The van der Waals surface area contributed by atoms with E-state index in [1.54, 1.807) is 6.92 Å². The molecule has 33 heavy (non-hydrogen) atoms. The predicted octanol–water partition coefficient (Wildman–Crippen LogP) is 4.82. The van der Waals surface area contributed by atoms with E-state index in [0.717, 1.165) is 18.4 Å². The summed E-state index contributed by atoms with van der Waals surface area (Å²) in [6.07, 6.45) is 2.24. The van der Waals surface area contributed by atoms with Crippen LogP contribution in [0.2, 0.25) is 0 Å². The van der Waals surface area contributed by atoms with Crippen LogP contribution in [0.15, 0.2) is 12.2 Å². The van der Waals surface area contributed by atoms with Gasteiger partial charge in [-0.3, -0.25) is 9.59 Å². The minimum Gasteiger partial charge on any atom is -0.459 e. The van der Waals surface area contributed by atoms with Gasteiger partial charge in [-0.2, -0.15) is 0 Å². The van der Waals surface area contributed by atoms with Crippen LogP contribution in [0.5, 0.6) is 0 Å². The zero-order valence-electron chi connectivity index (χ0n) is 21.6. The summed E-state index contributed by atoms with van der Waals surface area (Å²) in [5.41, 5.74) is -0.986. The molecular weight excluding hydrogens is 420 g/mol. The molecule has 0 radical (unpaired) electrons. The molecule has 0 aromatic rings. The SMILES string of the molecule is C=C1CC[C@H](C(C)C)[C@@H]2[C@H]1[C@H]1C[C@](C)(O)[C@@H](OC(=O)CC(C)C)CC[C@@](C)(OC(C)=O)[C@@H]2O1. The summed E-state index contributed by atoms with van der Waals surface area (Å²) in [7, 11) is 0. The molecule has 2 saturated heterocycles. The van der Waals surface area contributed by atoms with E-state index in [-0.39, 0.29) is 41.9 Å². The van der Waals surface area contributed by atoms with E-state index in [2.05, 4.69) is 20.4 Å². The average Bonchev–Trinajstić information content (AvgIpc) is 3.04. The molecule has 1 N–H and O–H groups in total. The first kappa shape index (κ1) is 26.2. The number of hydrogen-bond donors (Lipinski definition) is 1. The molecule has 1 saturated carbocycles. The number of fused-ring (bicyclic) bond motifs is 5. The first-order valence-electron chi connectivity index (χ1n) is 12.7. The highest BCUT2D eigenvalue weighted by Crippen LogP contribution is 2.56. The first-order valence-corrected chi connectivity index (χ1v) is 12.7. The molecule has 2 bridgehead atoms. The molecule has 0 spiro atoms. The molecule has 188 valence electrons. The molecule has 6 nitrogen and oxygen atoms in total. The molecule has 3 fully saturated rings. The van der Waals surface area contributed by atoms with E-state index in [1.807, 2.05) is 20.8 Å². The number of hydrogen-bond acceptors (Lipinski definition) is 6. The van der Waals surface area contributed by atoms with Gasteiger partial charge in [0.25, 0.3) is 0 Å². The molecule has 3 aliphatic rings. The lowest BCUT2D eigenvalue weighted by Crippen LogP contribution is -2.52. The largest absolute Gasteiger partial charge is 0.459 e. The maximum absolute atomic E-state index is 12.5. The van der Waals surface area contributed by atoms with Crippen molar-refractivity contribution in [3.63, 3.8) is 0 Å². The fourth-order valence-electron chi connectivity index (χ4n) is 6.61. The Morgan fingerprint density at radius 1 is 1.21 bits per heavy atom. The van der Waals surface area contributed by atoms with Crippen molar-refractivity contribution in [1.82, 2.24) is 0 Å². The maximum atomic E-state index is 12.5. The van der Waals surface area contributed by atoms with Crippen molar-refractivity contribution < 1.29 is 28.9 Å². The lowest BCUT2D eigenvalue weighted by atomic mass is 9.60. The number of rotatable bonds is 5. The van der Waals surface area contributed by atoms with Gasteiger partial charge in [0.2, 0.25) is 0 Å². The van der Waals surface area contributed by atoms with Gasteiger partial charge in [-0.15, -0.1) is 0 Å².